The number of benzene rings is 2. The zero-order valence-electron chi connectivity index (χ0n) is 16.9. The Morgan fingerprint density at radius 2 is 1.78 bits per heavy atom. The van der Waals surface area contributed by atoms with Crippen molar-refractivity contribution in [2.24, 2.45) is 11.8 Å². The first-order chi connectivity index (χ1) is 15.1. The van der Waals surface area contributed by atoms with Crippen LogP contribution < -0.4 is 10.2 Å². The normalized spacial score (nSPS) is 20.8. The zero-order chi connectivity index (χ0) is 23.2. The lowest BCUT2D eigenvalue weighted by Gasteiger charge is -2.19. The first kappa shape index (κ1) is 22.1. The van der Waals surface area contributed by atoms with Crippen molar-refractivity contribution in [1.82, 2.24) is 0 Å². The highest BCUT2D eigenvalue weighted by Gasteiger charge is 2.49. The lowest BCUT2D eigenvalue weighted by molar-refractivity contribution is -0.137. The number of hydrogen-bond acceptors (Lipinski definition) is 3. The number of carbonyl (C=O) groups is 3. The van der Waals surface area contributed by atoms with Gasteiger partial charge < -0.3 is 5.32 Å². The lowest BCUT2D eigenvalue weighted by Crippen LogP contribution is -2.33. The van der Waals surface area contributed by atoms with E-state index in [4.69, 9.17) is 11.6 Å². The van der Waals surface area contributed by atoms with Crippen molar-refractivity contribution < 1.29 is 27.6 Å². The van der Waals surface area contributed by atoms with Crippen LogP contribution in [0.25, 0.3) is 0 Å². The summed E-state index contributed by atoms with van der Waals surface area (Å²) in [4.78, 5) is 40.0. The second-order valence-corrected chi connectivity index (χ2v) is 8.29. The summed E-state index contributed by atoms with van der Waals surface area (Å²) in [5.41, 5.74) is -0.100. The maximum absolute atomic E-state index is 13.0. The number of fused-ring (bicyclic) bond motifs is 1. The van der Waals surface area contributed by atoms with Crippen molar-refractivity contribution in [3.8, 4) is 0 Å². The minimum absolute atomic E-state index is 0.0222. The maximum atomic E-state index is 13.0. The molecule has 0 radical (unpaired) electrons. The van der Waals surface area contributed by atoms with Crippen LogP contribution in [0.3, 0.4) is 0 Å². The molecule has 0 aromatic heterocycles. The largest absolute Gasteiger partial charge is 0.416 e. The predicted octanol–water partition coefficient (Wildman–Crippen LogP) is 5.46. The van der Waals surface area contributed by atoms with E-state index >= 15 is 0 Å². The Hall–Kier alpha value is -3.13. The lowest BCUT2D eigenvalue weighted by atomic mass is 9.82. The summed E-state index contributed by atoms with van der Waals surface area (Å²) < 4.78 is 39.1. The quantitative estimate of drug-likeness (QED) is 0.486. The van der Waals surface area contributed by atoms with Crippen LogP contribution in [0.4, 0.5) is 24.5 Å². The molecular weight excluding hydrogens is 445 g/mol. The third-order valence-corrected chi connectivity index (χ3v) is 6.08. The first-order valence-electron chi connectivity index (χ1n) is 9.88. The van der Waals surface area contributed by atoms with E-state index in [1.54, 1.807) is 6.07 Å². The molecular formula is C23H18ClF3N2O3. The highest BCUT2D eigenvalue weighted by molar-refractivity contribution is 6.34. The molecule has 3 amide bonds. The standard InChI is InChI=1S/C23H18ClF3N2O3/c1-12-6-8-14-16(10-12)22(32)29(21(14)31)19-5-3-2-4-15(19)20(30)28-18-11-13(23(25,26)27)7-9-17(18)24/h2-7,9,11,14,16H,8,10H2,1H3,(H,28,30)/t14-,16+/m1/s1. The molecule has 1 heterocycles. The second kappa shape index (κ2) is 8.09. The van der Waals surface area contributed by atoms with Crippen molar-refractivity contribution in [1.29, 1.82) is 0 Å². The summed E-state index contributed by atoms with van der Waals surface area (Å²) in [7, 11) is 0. The Kier molecular flexibility index (Phi) is 5.58. The number of hydrogen-bond donors (Lipinski definition) is 1. The molecule has 1 aliphatic carbocycles. The molecule has 0 bridgehead atoms. The van der Waals surface area contributed by atoms with Crippen LogP contribution in [0.15, 0.2) is 54.1 Å². The molecule has 9 heteroatoms. The topological polar surface area (TPSA) is 66.5 Å². The third-order valence-electron chi connectivity index (χ3n) is 5.75. The smallest absolute Gasteiger partial charge is 0.321 e. The van der Waals surface area contributed by atoms with Crippen LogP contribution in [0.2, 0.25) is 5.02 Å². The summed E-state index contributed by atoms with van der Waals surface area (Å²) in [5.74, 6) is -2.53. The van der Waals surface area contributed by atoms with Crippen LogP contribution in [0.1, 0.15) is 35.7 Å². The molecule has 1 N–H and O–H groups in total. The van der Waals surface area contributed by atoms with Crippen molar-refractivity contribution in [2.45, 2.75) is 25.9 Å². The number of imide groups is 1. The monoisotopic (exact) mass is 462 g/mol. The van der Waals surface area contributed by atoms with Gasteiger partial charge in [0.2, 0.25) is 11.8 Å². The average molecular weight is 463 g/mol. The van der Waals surface area contributed by atoms with Crippen LogP contribution in [-0.2, 0) is 15.8 Å². The number of rotatable bonds is 3. The average Bonchev–Trinajstić information content (AvgIpc) is 2.98. The summed E-state index contributed by atoms with van der Waals surface area (Å²) in [5, 5.41) is 2.29. The molecule has 1 fully saturated rings. The van der Waals surface area contributed by atoms with Crippen molar-refractivity contribution in [2.75, 3.05) is 10.2 Å². The Morgan fingerprint density at radius 1 is 1.09 bits per heavy atom. The van der Waals surface area contributed by atoms with Gasteiger partial charge in [0.25, 0.3) is 5.91 Å². The van der Waals surface area contributed by atoms with E-state index in [0.29, 0.717) is 12.8 Å². The Balaban J connectivity index is 1.66. The van der Waals surface area contributed by atoms with E-state index in [0.717, 1.165) is 28.7 Å². The van der Waals surface area contributed by atoms with E-state index in [2.05, 4.69) is 5.32 Å². The van der Waals surface area contributed by atoms with E-state index in [-0.39, 0.29) is 33.8 Å². The number of nitrogens with one attached hydrogen (secondary N) is 1. The number of allylic oxidation sites excluding steroid dienone is 2. The summed E-state index contributed by atoms with van der Waals surface area (Å²) in [6.45, 7) is 1.90. The number of carbonyl (C=O) groups excluding carboxylic acids is 3. The van der Waals surface area contributed by atoms with E-state index in [9.17, 15) is 27.6 Å². The number of nitrogens with zero attached hydrogens (tertiary/aromatic N) is 1. The third kappa shape index (κ3) is 3.90. The molecule has 0 unspecified atom stereocenters. The molecule has 2 aromatic rings. The number of amides is 3. The molecule has 2 atom stereocenters. The molecule has 4 rings (SSSR count). The molecule has 32 heavy (non-hydrogen) atoms. The summed E-state index contributed by atoms with van der Waals surface area (Å²) in [6.07, 6.45) is -1.76. The van der Waals surface area contributed by atoms with Gasteiger partial charge in [-0.2, -0.15) is 13.2 Å². The summed E-state index contributed by atoms with van der Waals surface area (Å²) >= 11 is 5.98. The van der Waals surface area contributed by atoms with Gasteiger partial charge in [0.1, 0.15) is 0 Å². The molecule has 2 aliphatic rings. The van der Waals surface area contributed by atoms with Gasteiger partial charge in [-0.25, -0.2) is 4.90 Å². The fourth-order valence-electron chi connectivity index (χ4n) is 4.12. The van der Waals surface area contributed by atoms with Gasteiger partial charge in [0.05, 0.1) is 39.4 Å². The molecule has 1 saturated heterocycles. The van der Waals surface area contributed by atoms with Gasteiger partial charge in [-0.1, -0.05) is 35.4 Å². The Bertz CT molecular complexity index is 1160. The predicted molar refractivity (Wildman–Crippen MR) is 113 cm³/mol. The Labute approximate surface area is 186 Å². The molecule has 0 saturated carbocycles. The first-order valence-corrected chi connectivity index (χ1v) is 10.3. The van der Waals surface area contributed by atoms with Crippen LogP contribution in [-0.4, -0.2) is 17.7 Å². The molecule has 166 valence electrons. The minimum Gasteiger partial charge on any atom is -0.321 e. The van der Waals surface area contributed by atoms with E-state index < -0.39 is 29.5 Å². The van der Waals surface area contributed by atoms with Crippen LogP contribution in [0, 0.1) is 11.8 Å². The van der Waals surface area contributed by atoms with Crippen LogP contribution >= 0.6 is 11.6 Å². The Morgan fingerprint density at radius 3 is 2.50 bits per heavy atom. The minimum atomic E-state index is -4.61. The number of halogens is 4. The molecule has 5 nitrogen and oxygen atoms in total. The van der Waals surface area contributed by atoms with Gasteiger partial charge in [0, 0.05) is 0 Å². The second-order valence-electron chi connectivity index (χ2n) is 7.88. The van der Waals surface area contributed by atoms with Crippen LogP contribution in [0.5, 0.6) is 0 Å². The van der Waals surface area contributed by atoms with Crippen molar-refractivity contribution in [3.63, 3.8) is 0 Å². The molecule has 2 aromatic carbocycles. The number of alkyl halides is 3. The van der Waals surface area contributed by atoms with Gasteiger partial charge >= 0.3 is 6.18 Å². The summed E-state index contributed by atoms with van der Waals surface area (Å²) in [6, 6.07) is 8.57. The van der Waals surface area contributed by atoms with Gasteiger partial charge in [-0.05, 0) is 50.1 Å². The molecule has 1 aliphatic heterocycles. The fourth-order valence-corrected chi connectivity index (χ4v) is 4.29. The van der Waals surface area contributed by atoms with Crippen molar-refractivity contribution in [3.05, 3.63) is 70.3 Å². The SMILES string of the molecule is CC1=CC[C@H]2C(=O)N(c3ccccc3C(=O)Nc3cc(C(F)(F)F)ccc3Cl)C(=O)[C@H]2C1. The zero-order valence-corrected chi connectivity index (χ0v) is 17.6. The molecule has 0 spiro atoms. The highest BCUT2D eigenvalue weighted by atomic mass is 35.5. The number of anilines is 2. The number of para-hydroxylation sites is 1. The van der Waals surface area contributed by atoms with Gasteiger partial charge in [-0.15, -0.1) is 0 Å². The van der Waals surface area contributed by atoms with Crippen molar-refractivity contribution >= 4 is 40.7 Å². The van der Waals surface area contributed by atoms with E-state index in [1.807, 2.05) is 13.0 Å². The van der Waals surface area contributed by atoms with E-state index in [1.165, 1.54) is 18.2 Å². The maximum Gasteiger partial charge on any atom is 0.416 e. The fraction of sp³-hybridized carbons (Fsp3) is 0.261. The highest BCUT2D eigenvalue weighted by Crippen LogP contribution is 2.41. The van der Waals surface area contributed by atoms with Gasteiger partial charge in [0.15, 0.2) is 0 Å². The van der Waals surface area contributed by atoms with Gasteiger partial charge in [-0.3, -0.25) is 14.4 Å².